The van der Waals surface area contributed by atoms with Gasteiger partial charge in [-0.15, -0.1) is 0 Å². The van der Waals surface area contributed by atoms with Crippen molar-refractivity contribution in [2.24, 2.45) is 0 Å². The van der Waals surface area contributed by atoms with Crippen molar-refractivity contribution in [2.45, 2.75) is 25.7 Å². The van der Waals surface area contributed by atoms with E-state index in [4.69, 9.17) is 4.74 Å². The zero-order valence-corrected chi connectivity index (χ0v) is 13.2. The van der Waals surface area contributed by atoms with Crippen molar-refractivity contribution >= 4 is 17.6 Å². The lowest BCUT2D eigenvalue weighted by molar-refractivity contribution is -0.146. The van der Waals surface area contributed by atoms with Crippen LogP contribution in [-0.2, 0) is 33.6 Å². The van der Waals surface area contributed by atoms with Crippen molar-refractivity contribution in [3.05, 3.63) is 65.0 Å². The lowest BCUT2D eigenvalue weighted by Gasteiger charge is -2.08. The fraction of sp³-hybridized carbons (Fsp3) is 0.263. The van der Waals surface area contributed by atoms with Gasteiger partial charge >= 0.3 is 5.97 Å². The van der Waals surface area contributed by atoms with Crippen LogP contribution in [0.15, 0.2) is 42.5 Å². The molecule has 1 amide bonds. The van der Waals surface area contributed by atoms with Crippen LogP contribution in [0.25, 0.3) is 0 Å². The molecular weight excluding hydrogens is 309 g/mol. The van der Waals surface area contributed by atoms with Gasteiger partial charge in [0.2, 0.25) is 0 Å². The number of amides is 1. The van der Waals surface area contributed by atoms with E-state index in [1.165, 1.54) is 29.3 Å². The van der Waals surface area contributed by atoms with Crippen molar-refractivity contribution in [3.8, 4) is 0 Å². The molecule has 5 heteroatoms. The Hall–Kier alpha value is -2.69. The lowest BCUT2D eigenvalue weighted by Crippen LogP contribution is -2.21. The van der Waals surface area contributed by atoms with Crippen LogP contribution < -0.4 is 5.32 Å². The maximum Gasteiger partial charge on any atom is 0.310 e. The van der Waals surface area contributed by atoms with E-state index in [0.717, 1.165) is 24.8 Å². The highest BCUT2D eigenvalue weighted by Gasteiger charge is 2.13. The van der Waals surface area contributed by atoms with Gasteiger partial charge in [-0.1, -0.05) is 24.3 Å². The summed E-state index contributed by atoms with van der Waals surface area (Å²) in [5, 5.41) is 2.48. The number of ether oxygens (including phenoxy) is 1. The fourth-order valence-corrected chi connectivity index (χ4v) is 2.86. The summed E-state index contributed by atoms with van der Waals surface area (Å²) < 4.78 is 18.0. The quantitative estimate of drug-likeness (QED) is 0.859. The van der Waals surface area contributed by atoms with E-state index in [-0.39, 0.29) is 13.0 Å². The van der Waals surface area contributed by atoms with Crippen molar-refractivity contribution < 1.29 is 18.7 Å². The van der Waals surface area contributed by atoms with E-state index in [1.807, 2.05) is 12.1 Å². The molecule has 0 heterocycles. The third kappa shape index (κ3) is 4.19. The van der Waals surface area contributed by atoms with Crippen LogP contribution in [0.2, 0.25) is 0 Å². The summed E-state index contributed by atoms with van der Waals surface area (Å²) in [5.74, 6) is -1.40. The Balaban J connectivity index is 1.47. The minimum atomic E-state index is -0.497. The number of hydrogen-bond acceptors (Lipinski definition) is 3. The zero-order valence-electron chi connectivity index (χ0n) is 13.2. The molecule has 0 radical (unpaired) electrons. The minimum absolute atomic E-state index is 0.139. The Morgan fingerprint density at radius 3 is 2.75 bits per heavy atom. The summed E-state index contributed by atoms with van der Waals surface area (Å²) in [6.07, 6.45) is 3.44. The highest BCUT2D eigenvalue weighted by atomic mass is 19.1. The predicted octanol–water partition coefficient (Wildman–Crippen LogP) is 3.04. The van der Waals surface area contributed by atoms with Gasteiger partial charge < -0.3 is 10.1 Å². The summed E-state index contributed by atoms with van der Waals surface area (Å²) in [5.41, 5.74) is 3.87. The molecule has 0 atom stereocenters. The highest BCUT2D eigenvalue weighted by Crippen LogP contribution is 2.23. The molecule has 124 valence electrons. The Kier molecular flexibility index (Phi) is 4.89. The molecule has 0 unspecified atom stereocenters. The average molecular weight is 327 g/mol. The summed E-state index contributed by atoms with van der Waals surface area (Å²) in [7, 11) is 0. The van der Waals surface area contributed by atoms with Gasteiger partial charge in [0.15, 0.2) is 6.61 Å². The van der Waals surface area contributed by atoms with Crippen LogP contribution in [0, 0.1) is 5.82 Å². The molecule has 1 aliphatic rings. The van der Waals surface area contributed by atoms with E-state index in [1.54, 1.807) is 6.07 Å². The molecule has 0 spiro atoms. The van der Waals surface area contributed by atoms with E-state index in [2.05, 4.69) is 11.4 Å². The number of anilines is 1. The second-order valence-electron chi connectivity index (χ2n) is 5.85. The first kappa shape index (κ1) is 16.2. The summed E-state index contributed by atoms with van der Waals surface area (Å²) in [6.45, 7) is -0.389. The lowest BCUT2D eigenvalue weighted by atomic mass is 10.0. The first-order valence-corrected chi connectivity index (χ1v) is 7.92. The third-order valence-electron chi connectivity index (χ3n) is 3.98. The number of aryl methyl sites for hydroxylation is 2. The van der Waals surface area contributed by atoms with E-state index >= 15 is 0 Å². The third-order valence-corrected chi connectivity index (χ3v) is 3.98. The molecule has 4 nitrogen and oxygen atoms in total. The van der Waals surface area contributed by atoms with Gasteiger partial charge in [0.05, 0.1) is 6.42 Å². The number of halogens is 1. The van der Waals surface area contributed by atoms with Crippen LogP contribution in [0.1, 0.15) is 23.1 Å². The minimum Gasteiger partial charge on any atom is -0.455 e. The predicted molar refractivity (Wildman–Crippen MR) is 88.2 cm³/mol. The molecule has 0 saturated carbocycles. The molecule has 1 aliphatic carbocycles. The SMILES string of the molecule is O=C(COC(=O)Cc1ccc2c(c1)CCC2)Nc1cccc(F)c1. The van der Waals surface area contributed by atoms with Crippen molar-refractivity contribution in [3.63, 3.8) is 0 Å². The van der Waals surface area contributed by atoms with Crippen LogP contribution in [0.4, 0.5) is 10.1 Å². The molecule has 0 aliphatic heterocycles. The maximum absolute atomic E-state index is 13.0. The summed E-state index contributed by atoms with van der Waals surface area (Å²) in [4.78, 5) is 23.6. The number of hydrogen-bond donors (Lipinski definition) is 1. The number of benzene rings is 2. The van der Waals surface area contributed by atoms with Gasteiger partial charge in [0.25, 0.3) is 5.91 Å². The van der Waals surface area contributed by atoms with Crippen molar-refractivity contribution in [2.75, 3.05) is 11.9 Å². The number of esters is 1. The van der Waals surface area contributed by atoms with E-state index < -0.39 is 17.7 Å². The highest BCUT2D eigenvalue weighted by molar-refractivity contribution is 5.92. The molecule has 3 rings (SSSR count). The van der Waals surface area contributed by atoms with Crippen molar-refractivity contribution in [1.29, 1.82) is 0 Å². The first-order chi connectivity index (χ1) is 11.6. The Morgan fingerprint density at radius 1 is 1.08 bits per heavy atom. The maximum atomic E-state index is 13.0. The number of carbonyl (C=O) groups excluding carboxylic acids is 2. The van der Waals surface area contributed by atoms with Gasteiger partial charge in [-0.05, 0) is 54.2 Å². The molecule has 2 aromatic rings. The molecule has 0 saturated heterocycles. The standard InChI is InChI=1S/C19H18FNO3/c20-16-5-2-6-17(11-16)21-18(22)12-24-19(23)10-13-7-8-14-3-1-4-15(14)9-13/h2,5-9,11H,1,3-4,10,12H2,(H,21,22). The largest absolute Gasteiger partial charge is 0.455 e. The second kappa shape index (κ2) is 7.25. The number of carbonyl (C=O) groups is 2. The Labute approximate surface area is 139 Å². The van der Waals surface area contributed by atoms with Gasteiger partial charge in [0.1, 0.15) is 5.82 Å². The van der Waals surface area contributed by atoms with Crippen LogP contribution in [-0.4, -0.2) is 18.5 Å². The molecule has 1 N–H and O–H groups in total. The molecule has 0 bridgehead atoms. The van der Waals surface area contributed by atoms with E-state index in [0.29, 0.717) is 5.69 Å². The van der Waals surface area contributed by atoms with Crippen LogP contribution >= 0.6 is 0 Å². The summed E-state index contributed by atoms with van der Waals surface area (Å²) in [6, 6.07) is 11.6. The van der Waals surface area contributed by atoms with Gasteiger partial charge in [-0.3, -0.25) is 9.59 Å². The monoisotopic (exact) mass is 327 g/mol. The van der Waals surface area contributed by atoms with Crippen molar-refractivity contribution in [1.82, 2.24) is 0 Å². The average Bonchev–Trinajstić information content (AvgIpc) is 3.00. The normalized spacial score (nSPS) is 12.5. The second-order valence-corrected chi connectivity index (χ2v) is 5.85. The number of fused-ring (bicyclic) bond motifs is 1. The molecule has 2 aromatic carbocycles. The number of rotatable bonds is 5. The molecule has 0 fully saturated rings. The Morgan fingerprint density at radius 2 is 1.92 bits per heavy atom. The molecular formula is C19H18FNO3. The zero-order chi connectivity index (χ0) is 16.9. The molecule has 24 heavy (non-hydrogen) atoms. The van der Waals surface area contributed by atoms with Gasteiger partial charge in [-0.25, -0.2) is 4.39 Å². The summed E-state index contributed by atoms with van der Waals surface area (Å²) >= 11 is 0. The van der Waals surface area contributed by atoms with Crippen LogP contribution in [0.5, 0.6) is 0 Å². The fourth-order valence-electron chi connectivity index (χ4n) is 2.86. The first-order valence-electron chi connectivity index (χ1n) is 7.92. The van der Waals surface area contributed by atoms with Gasteiger partial charge in [-0.2, -0.15) is 0 Å². The topological polar surface area (TPSA) is 55.4 Å². The molecule has 0 aromatic heterocycles. The number of nitrogens with one attached hydrogen (secondary N) is 1. The smallest absolute Gasteiger partial charge is 0.310 e. The van der Waals surface area contributed by atoms with E-state index in [9.17, 15) is 14.0 Å². The van der Waals surface area contributed by atoms with Gasteiger partial charge in [0, 0.05) is 5.69 Å². The van der Waals surface area contributed by atoms with Crippen LogP contribution in [0.3, 0.4) is 0 Å². The Bertz CT molecular complexity index is 773.